The molecule has 1 aromatic rings. The quantitative estimate of drug-likeness (QED) is 0.648. The van der Waals surface area contributed by atoms with Crippen molar-refractivity contribution >= 4 is 17.3 Å². The van der Waals surface area contributed by atoms with E-state index in [2.05, 4.69) is 5.32 Å². The van der Waals surface area contributed by atoms with Crippen molar-refractivity contribution in [3.63, 3.8) is 0 Å². The van der Waals surface area contributed by atoms with Crippen molar-refractivity contribution < 1.29 is 19.6 Å². The van der Waals surface area contributed by atoms with E-state index in [1.165, 1.54) is 18.2 Å². The van der Waals surface area contributed by atoms with Gasteiger partial charge in [-0.05, 0) is 32.4 Å². The van der Waals surface area contributed by atoms with E-state index in [0.29, 0.717) is 13.0 Å². The largest absolute Gasteiger partial charge is 0.478 e. The van der Waals surface area contributed by atoms with Crippen LogP contribution in [0.15, 0.2) is 18.2 Å². The highest BCUT2D eigenvalue weighted by atomic mass is 16.6. The summed E-state index contributed by atoms with van der Waals surface area (Å²) in [6.45, 7) is 4.35. The number of carboxylic acids is 1. The van der Waals surface area contributed by atoms with Gasteiger partial charge in [-0.2, -0.15) is 0 Å². The number of nitrogens with one attached hydrogen (secondary N) is 1. The minimum atomic E-state index is -1.12. The molecule has 2 atom stereocenters. The second kappa shape index (κ2) is 5.09. The third kappa shape index (κ3) is 2.57. The molecule has 108 valence electrons. The highest BCUT2D eigenvalue weighted by molar-refractivity contribution is 5.90. The molecule has 2 N–H and O–H groups in total. The predicted molar refractivity (Wildman–Crippen MR) is 72.1 cm³/mol. The van der Waals surface area contributed by atoms with Gasteiger partial charge in [-0.25, -0.2) is 4.79 Å². The van der Waals surface area contributed by atoms with E-state index in [1.807, 2.05) is 13.8 Å². The lowest BCUT2D eigenvalue weighted by Gasteiger charge is -2.30. The number of rotatable bonds is 4. The molecule has 20 heavy (non-hydrogen) atoms. The van der Waals surface area contributed by atoms with Crippen molar-refractivity contribution in [1.29, 1.82) is 0 Å². The first-order valence-corrected chi connectivity index (χ1v) is 6.25. The van der Waals surface area contributed by atoms with Crippen LogP contribution in [0.25, 0.3) is 0 Å². The summed E-state index contributed by atoms with van der Waals surface area (Å²) >= 11 is 0. The zero-order valence-corrected chi connectivity index (χ0v) is 11.3. The van der Waals surface area contributed by atoms with Gasteiger partial charge in [0.25, 0.3) is 5.69 Å². The molecule has 1 heterocycles. The first-order valence-electron chi connectivity index (χ1n) is 6.25. The maximum atomic E-state index is 11.0. The number of carbonyl (C=O) groups is 1. The summed E-state index contributed by atoms with van der Waals surface area (Å²) in [6.07, 6.45) is 0.582. The Balaban J connectivity index is 2.40. The van der Waals surface area contributed by atoms with Crippen molar-refractivity contribution in [3.8, 4) is 0 Å². The number of aromatic carboxylic acids is 1. The van der Waals surface area contributed by atoms with Crippen LogP contribution in [-0.4, -0.2) is 34.2 Å². The summed E-state index contributed by atoms with van der Waals surface area (Å²) < 4.78 is 5.47. The van der Waals surface area contributed by atoms with E-state index in [-0.39, 0.29) is 23.0 Å². The Morgan fingerprint density at radius 3 is 2.80 bits per heavy atom. The zero-order chi connectivity index (χ0) is 14.9. The summed E-state index contributed by atoms with van der Waals surface area (Å²) in [5.74, 6) is -1.12. The summed E-state index contributed by atoms with van der Waals surface area (Å²) in [7, 11) is 0. The van der Waals surface area contributed by atoms with Crippen molar-refractivity contribution in [2.75, 3.05) is 11.9 Å². The van der Waals surface area contributed by atoms with E-state index < -0.39 is 16.4 Å². The number of carboxylic acid groups (broad SMARTS) is 1. The van der Waals surface area contributed by atoms with Crippen LogP contribution in [0, 0.1) is 10.1 Å². The Kier molecular flexibility index (Phi) is 3.63. The van der Waals surface area contributed by atoms with Crippen molar-refractivity contribution in [2.45, 2.75) is 31.9 Å². The van der Waals surface area contributed by atoms with Crippen LogP contribution in [0.4, 0.5) is 11.4 Å². The first kappa shape index (κ1) is 14.3. The number of anilines is 1. The maximum Gasteiger partial charge on any atom is 0.335 e. The molecular formula is C13H16N2O5. The molecule has 0 spiro atoms. The molecule has 0 aromatic heterocycles. The van der Waals surface area contributed by atoms with Gasteiger partial charge in [-0.1, -0.05) is 0 Å². The fraction of sp³-hybridized carbons (Fsp3) is 0.462. The Bertz CT molecular complexity index is 560. The minimum Gasteiger partial charge on any atom is -0.478 e. The molecule has 1 saturated heterocycles. The molecule has 0 aliphatic carbocycles. The van der Waals surface area contributed by atoms with Crippen molar-refractivity contribution in [3.05, 3.63) is 33.9 Å². The van der Waals surface area contributed by atoms with Crippen molar-refractivity contribution in [2.24, 2.45) is 0 Å². The molecular weight excluding hydrogens is 264 g/mol. The molecule has 7 heteroatoms. The molecule has 1 aliphatic rings. The highest BCUT2D eigenvalue weighted by Gasteiger charge is 2.38. The standard InChI is InChI=1S/C13H16N2O5/c1-8-13(2,5-6-20-8)14-10-7-9(12(16)17)3-4-11(10)15(18)19/h3-4,7-8,14H,5-6H2,1-2H3,(H,16,17). The highest BCUT2D eigenvalue weighted by Crippen LogP contribution is 2.34. The summed E-state index contributed by atoms with van der Waals surface area (Å²) in [4.78, 5) is 21.5. The molecule has 0 saturated carbocycles. The smallest absolute Gasteiger partial charge is 0.335 e. The first-order chi connectivity index (χ1) is 9.33. The van der Waals surface area contributed by atoms with Crippen LogP contribution in [0.3, 0.4) is 0 Å². The van der Waals surface area contributed by atoms with Gasteiger partial charge in [-0.15, -0.1) is 0 Å². The Labute approximate surface area is 115 Å². The van der Waals surface area contributed by atoms with Gasteiger partial charge in [0.2, 0.25) is 0 Å². The molecule has 0 amide bonds. The van der Waals surface area contributed by atoms with Crippen LogP contribution in [0.2, 0.25) is 0 Å². The monoisotopic (exact) mass is 280 g/mol. The van der Waals surface area contributed by atoms with Crippen LogP contribution in [0.5, 0.6) is 0 Å². The molecule has 1 aliphatic heterocycles. The molecule has 0 radical (unpaired) electrons. The number of hydrogen-bond acceptors (Lipinski definition) is 5. The lowest BCUT2D eigenvalue weighted by atomic mass is 9.94. The Hall–Kier alpha value is -2.15. The van der Waals surface area contributed by atoms with Gasteiger partial charge in [0.05, 0.1) is 22.1 Å². The van der Waals surface area contributed by atoms with E-state index in [4.69, 9.17) is 9.84 Å². The van der Waals surface area contributed by atoms with Gasteiger partial charge in [0, 0.05) is 12.7 Å². The number of hydrogen-bond donors (Lipinski definition) is 2. The van der Waals surface area contributed by atoms with E-state index in [9.17, 15) is 14.9 Å². The molecule has 2 rings (SSSR count). The summed E-state index contributed by atoms with van der Waals surface area (Å²) in [5, 5.41) is 23.1. The predicted octanol–water partition coefficient (Wildman–Crippen LogP) is 2.27. The molecule has 1 fully saturated rings. The van der Waals surface area contributed by atoms with Crippen LogP contribution in [0.1, 0.15) is 30.6 Å². The van der Waals surface area contributed by atoms with Crippen LogP contribution in [-0.2, 0) is 4.74 Å². The van der Waals surface area contributed by atoms with Crippen molar-refractivity contribution in [1.82, 2.24) is 0 Å². The van der Waals surface area contributed by atoms with Crippen LogP contribution >= 0.6 is 0 Å². The number of ether oxygens (including phenoxy) is 1. The molecule has 1 aromatic carbocycles. The average molecular weight is 280 g/mol. The molecule has 7 nitrogen and oxygen atoms in total. The third-order valence-corrected chi connectivity index (χ3v) is 3.75. The fourth-order valence-corrected chi connectivity index (χ4v) is 2.24. The van der Waals surface area contributed by atoms with Crippen LogP contribution < -0.4 is 5.32 Å². The Morgan fingerprint density at radius 1 is 1.60 bits per heavy atom. The number of nitro groups is 1. The van der Waals surface area contributed by atoms with Gasteiger partial charge in [0.1, 0.15) is 5.69 Å². The number of benzene rings is 1. The van der Waals surface area contributed by atoms with E-state index in [1.54, 1.807) is 0 Å². The average Bonchev–Trinajstić information content (AvgIpc) is 2.68. The van der Waals surface area contributed by atoms with Gasteiger partial charge >= 0.3 is 5.97 Å². The molecule has 2 unspecified atom stereocenters. The summed E-state index contributed by atoms with van der Waals surface area (Å²) in [5.41, 5.74) is -0.389. The van der Waals surface area contributed by atoms with Gasteiger partial charge in [-0.3, -0.25) is 10.1 Å². The topological polar surface area (TPSA) is 102 Å². The minimum absolute atomic E-state index is 0.00766. The van der Waals surface area contributed by atoms with Gasteiger partial charge in [0.15, 0.2) is 0 Å². The second-order valence-electron chi connectivity index (χ2n) is 5.10. The SMILES string of the molecule is CC1OCCC1(C)Nc1cc(C(=O)O)ccc1[N+](=O)[O-]. The maximum absolute atomic E-state index is 11.0. The lowest BCUT2D eigenvalue weighted by Crippen LogP contribution is -2.41. The van der Waals surface area contributed by atoms with E-state index >= 15 is 0 Å². The Morgan fingerprint density at radius 2 is 2.30 bits per heavy atom. The fourth-order valence-electron chi connectivity index (χ4n) is 2.24. The normalized spacial score (nSPS) is 25.4. The van der Waals surface area contributed by atoms with E-state index in [0.717, 1.165) is 0 Å². The number of nitro benzene ring substituents is 1. The lowest BCUT2D eigenvalue weighted by molar-refractivity contribution is -0.384. The summed E-state index contributed by atoms with van der Waals surface area (Å²) in [6, 6.07) is 3.72. The van der Waals surface area contributed by atoms with Gasteiger partial charge < -0.3 is 15.2 Å². The number of nitrogens with zero attached hydrogens (tertiary/aromatic N) is 1. The zero-order valence-electron chi connectivity index (χ0n) is 11.3. The second-order valence-corrected chi connectivity index (χ2v) is 5.10. The third-order valence-electron chi connectivity index (χ3n) is 3.75. The molecule has 0 bridgehead atoms.